The minimum Gasteiger partial charge on any atom is -0.495 e. The molecular formula is C9H9NO3. The molecular weight excluding hydrogens is 170 g/mol. The van der Waals surface area contributed by atoms with E-state index in [0.717, 1.165) is 0 Å². The Balaban J connectivity index is 2.47. The van der Waals surface area contributed by atoms with E-state index in [1.165, 1.54) is 0 Å². The number of ketones is 1. The summed E-state index contributed by atoms with van der Waals surface area (Å²) in [5, 5.41) is 0. The molecule has 0 aromatic carbocycles. The third kappa shape index (κ3) is 1.40. The van der Waals surface area contributed by atoms with E-state index in [2.05, 4.69) is 4.98 Å². The number of hydrogen-bond acceptors (Lipinski definition) is 4. The Hall–Kier alpha value is -1.42. The fourth-order valence-corrected chi connectivity index (χ4v) is 1.26. The number of nitrogens with zero attached hydrogens (tertiary/aromatic N) is 1. The van der Waals surface area contributed by atoms with E-state index in [9.17, 15) is 4.79 Å². The standard InChI is InChI=1S/C9H9NO3/c1-12-6-2-7-8(10-3-6)4-13-5-9(7)11/h2-3H,4-5H2,1H3. The van der Waals surface area contributed by atoms with Gasteiger partial charge in [-0.15, -0.1) is 0 Å². The Morgan fingerprint density at radius 3 is 3.15 bits per heavy atom. The van der Waals surface area contributed by atoms with Crippen molar-refractivity contribution in [3.05, 3.63) is 23.5 Å². The lowest BCUT2D eigenvalue weighted by atomic mass is 10.1. The summed E-state index contributed by atoms with van der Waals surface area (Å²) in [6.45, 7) is 0.549. The minimum atomic E-state index is -0.0346. The number of hydrogen-bond donors (Lipinski definition) is 0. The van der Waals surface area contributed by atoms with Crippen LogP contribution < -0.4 is 4.74 Å². The van der Waals surface area contributed by atoms with Crippen molar-refractivity contribution in [2.24, 2.45) is 0 Å². The van der Waals surface area contributed by atoms with Gasteiger partial charge in [0.1, 0.15) is 12.4 Å². The summed E-state index contributed by atoms with van der Waals surface area (Å²) in [6.07, 6.45) is 1.58. The van der Waals surface area contributed by atoms with Gasteiger partial charge in [0.15, 0.2) is 5.78 Å². The Morgan fingerprint density at radius 1 is 1.54 bits per heavy atom. The van der Waals surface area contributed by atoms with Crippen molar-refractivity contribution in [2.45, 2.75) is 6.61 Å². The molecule has 68 valence electrons. The van der Waals surface area contributed by atoms with E-state index in [0.29, 0.717) is 23.6 Å². The van der Waals surface area contributed by atoms with E-state index in [1.807, 2.05) is 0 Å². The molecule has 0 spiro atoms. The van der Waals surface area contributed by atoms with E-state index in [-0.39, 0.29) is 12.4 Å². The summed E-state index contributed by atoms with van der Waals surface area (Å²) in [6, 6.07) is 1.70. The van der Waals surface area contributed by atoms with Gasteiger partial charge < -0.3 is 9.47 Å². The Kier molecular flexibility index (Phi) is 1.98. The molecule has 0 unspecified atom stereocenters. The second kappa shape index (κ2) is 3.14. The molecule has 4 nitrogen and oxygen atoms in total. The molecule has 2 rings (SSSR count). The number of fused-ring (bicyclic) bond motifs is 1. The highest BCUT2D eigenvalue weighted by atomic mass is 16.5. The quantitative estimate of drug-likeness (QED) is 0.639. The number of carbonyl (C=O) groups excluding carboxylic acids is 1. The van der Waals surface area contributed by atoms with Gasteiger partial charge in [-0.2, -0.15) is 0 Å². The fourth-order valence-electron chi connectivity index (χ4n) is 1.26. The van der Waals surface area contributed by atoms with Crippen molar-refractivity contribution < 1.29 is 14.3 Å². The molecule has 4 heteroatoms. The van der Waals surface area contributed by atoms with Crippen LogP contribution in [0, 0.1) is 0 Å². The van der Waals surface area contributed by atoms with Gasteiger partial charge in [0.05, 0.1) is 25.6 Å². The Morgan fingerprint density at radius 2 is 2.38 bits per heavy atom. The number of Topliss-reactive ketones (excluding diaryl/α,β-unsaturated/α-hetero) is 1. The lowest BCUT2D eigenvalue weighted by Crippen LogP contribution is -2.19. The average Bonchev–Trinajstić information content (AvgIpc) is 2.18. The number of ether oxygens (including phenoxy) is 2. The monoisotopic (exact) mass is 179 g/mol. The fraction of sp³-hybridized carbons (Fsp3) is 0.333. The molecule has 0 amide bonds. The third-order valence-corrected chi connectivity index (χ3v) is 1.95. The predicted octanol–water partition coefficient (Wildman–Crippen LogP) is 0.803. The average molecular weight is 179 g/mol. The van der Waals surface area contributed by atoms with E-state index >= 15 is 0 Å². The molecule has 0 saturated carbocycles. The van der Waals surface area contributed by atoms with E-state index in [1.54, 1.807) is 19.4 Å². The first-order valence-electron chi connectivity index (χ1n) is 3.95. The zero-order chi connectivity index (χ0) is 9.26. The smallest absolute Gasteiger partial charge is 0.190 e. The van der Waals surface area contributed by atoms with Crippen LogP contribution in [0.5, 0.6) is 5.75 Å². The minimum absolute atomic E-state index is 0.0346. The van der Waals surface area contributed by atoms with Crippen LogP contribution in [-0.4, -0.2) is 24.5 Å². The zero-order valence-electron chi connectivity index (χ0n) is 7.24. The maximum absolute atomic E-state index is 11.3. The van der Waals surface area contributed by atoms with Crippen molar-refractivity contribution >= 4 is 5.78 Å². The molecule has 0 atom stereocenters. The van der Waals surface area contributed by atoms with Crippen LogP contribution >= 0.6 is 0 Å². The van der Waals surface area contributed by atoms with Crippen molar-refractivity contribution in [1.29, 1.82) is 0 Å². The van der Waals surface area contributed by atoms with Crippen LogP contribution in [0.3, 0.4) is 0 Å². The van der Waals surface area contributed by atoms with Gasteiger partial charge in [-0.1, -0.05) is 0 Å². The lowest BCUT2D eigenvalue weighted by molar-refractivity contribution is 0.0654. The van der Waals surface area contributed by atoms with Crippen LogP contribution in [0.2, 0.25) is 0 Å². The molecule has 0 aliphatic carbocycles. The maximum Gasteiger partial charge on any atom is 0.190 e. The van der Waals surface area contributed by atoms with Gasteiger partial charge in [-0.3, -0.25) is 9.78 Å². The van der Waals surface area contributed by atoms with Gasteiger partial charge in [0, 0.05) is 5.56 Å². The van der Waals surface area contributed by atoms with Crippen LogP contribution in [-0.2, 0) is 11.3 Å². The predicted molar refractivity (Wildman–Crippen MR) is 44.8 cm³/mol. The lowest BCUT2D eigenvalue weighted by Gasteiger charge is -2.14. The highest BCUT2D eigenvalue weighted by molar-refractivity contribution is 5.99. The summed E-state index contributed by atoms with van der Waals surface area (Å²) in [5.41, 5.74) is 1.31. The van der Waals surface area contributed by atoms with E-state index < -0.39 is 0 Å². The molecule has 0 saturated heterocycles. The molecule has 0 radical (unpaired) electrons. The summed E-state index contributed by atoms with van der Waals surface area (Å²) in [5.74, 6) is 0.571. The Labute approximate surface area is 75.5 Å². The first-order chi connectivity index (χ1) is 6.31. The van der Waals surface area contributed by atoms with Gasteiger partial charge in [0.25, 0.3) is 0 Å². The molecule has 0 N–H and O–H groups in total. The van der Waals surface area contributed by atoms with Crippen LogP contribution in [0.4, 0.5) is 0 Å². The normalized spacial score (nSPS) is 15.3. The summed E-state index contributed by atoms with van der Waals surface area (Å²) < 4.78 is 10.0. The third-order valence-electron chi connectivity index (χ3n) is 1.95. The second-order valence-corrected chi connectivity index (χ2v) is 2.79. The van der Waals surface area contributed by atoms with Crippen LogP contribution in [0.1, 0.15) is 16.1 Å². The molecule has 1 aliphatic heterocycles. The molecule has 1 aromatic rings. The van der Waals surface area contributed by atoms with Crippen molar-refractivity contribution in [3.8, 4) is 5.75 Å². The van der Waals surface area contributed by atoms with Gasteiger partial charge in [-0.25, -0.2) is 0 Å². The van der Waals surface area contributed by atoms with Gasteiger partial charge in [0.2, 0.25) is 0 Å². The largest absolute Gasteiger partial charge is 0.495 e. The highest BCUT2D eigenvalue weighted by Crippen LogP contribution is 2.19. The van der Waals surface area contributed by atoms with Crippen molar-refractivity contribution in [2.75, 3.05) is 13.7 Å². The van der Waals surface area contributed by atoms with Crippen molar-refractivity contribution in [3.63, 3.8) is 0 Å². The molecule has 13 heavy (non-hydrogen) atoms. The first kappa shape index (κ1) is 8.19. The van der Waals surface area contributed by atoms with E-state index in [4.69, 9.17) is 9.47 Å². The number of methoxy groups -OCH3 is 1. The SMILES string of the molecule is COc1cnc2c(c1)C(=O)COC2. The van der Waals surface area contributed by atoms with Gasteiger partial charge in [-0.05, 0) is 6.07 Å². The molecule has 1 aromatic heterocycles. The molecule has 2 heterocycles. The Bertz CT molecular complexity index is 349. The topological polar surface area (TPSA) is 48.4 Å². The zero-order valence-corrected chi connectivity index (χ0v) is 7.24. The maximum atomic E-state index is 11.3. The summed E-state index contributed by atoms with van der Waals surface area (Å²) in [7, 11) is 1.55. The second-order valence-electron chi connectivity index (χ2n) is 2.79. The number of carbonyl (C=O) groups is 1. The number of aromatic nitrogens is 1. The van der Waals surface area contributed by atoms with Crippen LogP contribution in [0.15, 0.2) is 12.3 Å². The summed E-state index contributed by atoms with van der Waals surface area (Å²) in [4.78, 5) is 15.4. The van der Waals surface area contributed by atoms with Crippen LogP contribution in [0.25, 0.3) is 0 Å². The molecule has 1 aliphatic rings. The number of pyridine rings is 1. The highest BCUT2D eigenvalue weighted by Gasteiger charge is 2.19. The molecule has 0 fully saturated rings. The summed E-state index contributed by atoms with van der Waals surface area (Å²) >= 11 is 0. The van der Waals surface area contributed by atoms with Crippen molar-refractivity contribution in [1.82, 2.24) is 4.98 Å². The number of rotatable bonds is 1. The first-order valence-corrected chi connectivity index (χ1v) is 3.95. The van der Waals surface area contributed by atoms with Gasteiger partial charge >= 0.3 is 0 Å². The molecule has 0 bridgehead atoms.